The summed E-state index contributed by atoms with van der Waals surface area (Å²) < 4.78 is 0. The van der Waals surface area contributed by atoms with Gasteiger partial charge in [-0.15, -0.1) is 0 Å². The first kappa shape index (κ1) is 12.5. The number of piperidine rings is 1. The van der Waals surface area contributed by atoms with Gasteiger partial charge in [-0.05, 0) is 56.6 Å². The Bertz CT molecular complexity index is 305. The molecule has 17 heavy (non-hydrogen) atoms. The molecule has 1 aliphatic heterocycles. The Hall–Kier alpha value is -0.930. The van der Waals surface area contributed by atoms with Crippen LogP contribution in [0.15, 0.2) is 24.5 Å². The van der Waals surface area contributed by atoms with Gasteiger partial charge < -0.3 is 5.32 Å². The fourth-order valence-corrected chi connectivity index (χ4v) is 2.45. The third kappa shape index (κ3) is 4.10. The maximum Gasteiger partial charge on any atom is 0.0312 e. The van der Waals surface area contributed by atoms with Crippen LogP contribution in [-0.2, 0) is 6.54 Å². The molecule has 2 heterocycles. The van der Waals surface area contributed by atoms with Crippen molar-refractivity contribution in [2.75, 3.05) is 26.2 Å². The Kier molecular flexibility index (Phi) is 4.95. The molecule has 1 saturated heterocycles. The highest BCUT2D eigenvalue weighted by Crippen LogP contribution is 2.17. The number of rotatable bonds is 5. The van der Waals surface area contributed by atoms with Crippen LogP contribution < -0.4 is 5.32 Å². The standard InChI is InChI=1S/C14H23N3/c1-2-15-10-13-5-8-17(9-6-13)12-14-4-3-7-16-11-14/h3-4,7,11,13,15H,2,5-6,8-10,12H2,1H3. The summed E-state index contributed by atoms with van der Waals surface area (Å²) in [7, 11) is 0. The van der Waals surface area contributed by atoms with Gasteiger partial charge in [0.15, 0.2) is 0 Å². The normalized spacial score (nSPS) is 18.4. The number of nitrogens with zero attached hydrogens (tertiary/aromatic N) is 2. The third-order valence-corrected chi connectivity index (χ3v) is 3.52. The van der Waals surface area contributed by atoms with Crippen molar-refractivity contribution in [1.29, 1.82) is 0 Å². The molecule has 3 heteroatoms. The van der Waals surface area contributed by atoms with Crippen molar-refractivity contribution < 1.29 is 0 Å². The molecule has 94 valence electrons. The summed E-state index contributed by atoms with van der Waals surface area (Å²) in [5.74, 6) is 0.875. The molecule has 2 rings (SSSR count). The van der Waals surface area contributed by atoms with E-state index in [1.54, 1.807) is 0 Å². The van der Waals surface area contributed by atoms with Gasteiger partial charge >= 0.3 is 0 Å². The lowest BCUT2D eigenvalue weighted by atomic mass is 9.96. The lowest BCUT2D eigenvalue weighted by Crippen LogP contribution is -2.36. The molecule has 0 amide bonds. The van der Waals surface area contributed by atoms with Gasteiger partial charge in [0.25, 0.3) is 0 Å². The van der Waals surface area contributed by atoms with Crippen LogP contribution >= 0.6 is 0 Å². The van der Waals surface area contributed by atoms with E-state index in [2.05, 4.69) is 28.2 Å². The predicted octanol–water partition coefficient (Wildman–Crippen LogP) is 1.90. The van der Waals surface area contributed by atoms with E-state index < -0.39 is 0 Å². The second-order valence-electron chi connectivity index (χ2n) is 4.89. The molecule has 3 nitrogen and oxygen atoms in total. The summed E-state index contributed by atoms with van der Waals surface area (Å²) in [6.07, 6.45) is 6.47. The molecule has 0 aliphatic carbocycles. The molecule has 1 aromatic heterocycles. The van der Waals surface area contributed by atoms with Gasteiger partial charge in [0.05, 0.1) is 0 Å². The Balaban J connectivity index is 1.72. The van der Waals surface area contributed by atoms with Crippen molar-refractivity contribution in [3.63, 3.8) is 0 Å². The number of hydrogen-bond donors (Lipinski definition) is 1. The highest BCUT2D eigenvalue weighted by atomic mass is 15.1. The number of likely N-dealkylation sites (tertiary alicyclic amines) is 1. The smallest absolute Gasteiger partial charge is 0.0312 e. The SMILES string of the molecule is CCNCC1CCN(Cc2cccnc2)CC1. The summed E-state index contributed by atoms with van der Waals surface area (Å²) in [6, 6.07) is 4.19. The summed E-state index contributed by atoms with van der Waals surface area (Å²) in [6.45, 7) is 7.97. The minimum Gasteiger partial charge on any atom is -0.317 e. The van der Waals surface area contributed by atoms with Gasteiger partial charge in [0, 0.05) is 18.9 Å². The van der Waals surface area contributed by atoms with E-state index in [1.807, 2.05) is 18.5 Å². The minimum absolute atomic E-state index is 0.875. The van der Waals surface area contributed by atoms with Crippen molar-refractivity contribution in [2.24, 2.45) is 5.92 Å². The zero-order valence-corrected chi connectivity index (χ0v) is 10.7. The van der Waals surface area contributed by atoms with E-state index in [0.717, 1.165) is 19.0 Å². The van der Waals surface area contributed by atoms with Crippen LogP contribution in [0.25, 0.3) is 0 Å². The molecule has 0 aromatic carbocycles. The van der Waals surface area contributed by atoms with Gasteiger partial charge in [-0.1, -0.05) is 13.0 Å². The molecule has 1 fully saturated rings. The molecule has 1 N–H and O–H groups in total. The average Bonchev–Trinajstić information content (AvgIpc) is 2.39. The first-order valence-electron chi connectivity index (χ1n) is 6.70. The Labute approximate surface area is 104 Å². The van der Waals surface area contributed by atoms with E-state index in [4.69, 9.17) is 0 Å². The molecule has 0 unspecified atom stereocenters. The van der Waals surface area contributed by atoms with Gasteiger partial charge in [0.1, 0.15) is 0 Å². The van der Waals surface area contributed by atoms with Crippen LogP contribution in [0.2, 0.25) is 0 Å². The van der Waals surface area contributed by atoms with Crippen LogP contribution in [0.1, 0.15) is 25.3 Å². The largest absolute Gasteiger partial charge is 0.317 e. The number of aromatic nitrogens is 1. The molecular formula is C14H23N3. The van der Waals surface area contributed by atoms with E-state index >= 15 is 0 Å². The summed E-state index contributed by atoms with van der Waals surface area (Å²) in [5.41, 5.74) is 1.33. The zero-order valence-electron chi connectivity index (χ0n) is 10.7. The Morgan fingerprint density at radius 2 is 2.24 bits per heavy atom. The van der Waals surface area contributed by atoms with Crippen molar-refractivity contribution in [1.82, 2.24) is 15.2 Å². The van der Waals surface area contributed by atoms with Crippen LogP contribution in [0.3, 0.4) is 0 Å². The highest BCUT2D eigenvalue weighted by molar-refractivity contribution is 5.08. The van der Waals surface area contributed by atoms with Crippen molar-refractivity contribution in [3.8, 4) is 0 Å². The third-order valence-electron chi connectivity index (χ3n) is 3.52. The van der Waals surface area contributed by atoms with Crippen molar-refractivity contribution in [2.45, 2.75) is 26.3 Å². The molecule has 1 aromatic rings. The number of hydrogen-bond acceptors (Lipinski definition) is 3. The second kappa shape index (κ2) is 6.72. The van der Waals surface area contributed by atoms with Gasteiger partial charge in [0.2, 0.25) is 0 Å². The van der Waals surface area contributed by atoms with Gasteiger partial charge in [-0.2, -0.15) is 0 Å². The molecular weight excluding hydrogens is 210 g/mol. The zero-order chi connectivity index (χ0) is 11.9. The van der Waals surface area contributed by atoms with E-state index in [-0.39, 0.29) is 0 Å². The van der Waals surface area contributed by atoms with Gasteiger partial charge in [-0.3, -0.25) is 9.88 Å². The maximum atomic E-state index is 4.17. The van der Waals surface area contributed by atoms with Crippen LogP contribution in [0.4, 0.5) is 0 Å². The number of nitrogens with one attached hydrogen (secondary N) is 1. The molecule has 0 bridgehead atoms. The summed E-state index contributed by atoms with van der Waals surface area (Å²) in [5, 5.41) is 3.45. The monoisotopic (exact) mass is 233 g/mol. The lowest BCUT2D eigenvalue weighted by Gasteiger charge is -2.31. The lowest BCUT2D eigenvalue weighted by molar-refractivity contribution is 0.175. The quantitative estimate of drug-likeness (QED) is 0.842. The first-order chi connectivity index (χ1) is 8.38. The first-order valence-corrected chi connectivity index (χ1v) is 6.70. The van der Waals surface area contributed by atoms with Crippen LogP contribution in [-0.4, -0.2) is 36.1 Å². The Morgan fingerprint density at radius 1 is 1.41 bits per heavy atom. The maximum absolute atomic E-state index is 4.17. The fraction of sp³-hybridized carbons (Fsp3) is 0.643. The fourth-order valence-electron chi connectivity index (χ4n) is 2.45. The van der Waals surface area contributed by atoms with Crippen LogP contribution in [0, 0.1) is 5.92 Å². The van der Waals surface area contributed by atoms with E-state index in [0.29, 0.717) is 0 Å². The topological polar surface area (TPSA) is 28.2 Å². The second-order valence-corrected chi connectivity index (χ2v) is 4.89. The molecule has 0 saturated carbocycles. The predicted molar refractivity (Wildman–Crippen MR) is 70.8 cm³/mol. The Morgan fingerprint density at radius 3 is 2.88 bits per heavy atom. The van der Waals surface area contributed by atoms with E-state index in [9.17, 15) is 0 Å². The summed E-state index contributed by atoms with van der Waals surface area (Å²) >= 11 is 0. The van der Waals surface area contributed by atoms with Crippen molar-refractivity contribution in [3.05, 3.63) is 30.1 Å². The van der Waals surface area contributed by atoms with E-state index in [1.165, 1.54) is 38.0 Å². The minimum atomic E-state index is 0.875. The molecule has 0 atom stereocenters. The molecule has 0 spiro atoms. The average molecular weight is 233 g/mol. The molecule has 1 aliphatic rings. The number of pyridine rings is 1. The molecule has 0 radical (unpaired) electrons. The van der Waals surface area contributed by atoms with Crippen molar-refractivity contribution >= 4 is 0 Å². The van der Waals surface area contributed by atoms with Crippen LogP contribution in [0.5, 0.6) is 0 Å². The van der Waals surface area contributed by atoms with Gasteiger partial charge in [-0.25, -0.2) is 0 Å². The highest BCUT2D eigenvalue weighted by Gasteiger charge is 2.18. The summed E-state index contributed by atoms with van der Waals surface area (Å²) in [4.78, 5) is 6.71.